The van der Waals surface area contributed by atoms with E-state index in [0.29, 0.717) is 30.1 Å². The molecule has 9 heteroatoms. The van der Waals surface area contributed by atoms with Crippen LogP contribution in [0, 0.1) is 5.92 Å². The van der Waals surface area contributed by atoms with Gasteiger partial charge in [0.1, 0.15) is 11.9 Å². The summed E-state index contributed by atoms with van der Waals surface area (Å²) in [6, 6.07) is 8.78. The van der Waals surface area contributed by atoms with Crippen molar-refractivity contribution < 1.29 is 19.4 Å². The Balaban J connectivity index is 1.87. The zero-order valence-corrected chi connectivity index (χ0v) is 21.9. The lowest BCUT2D eigenvalue weighted by Crippen LogP contribution is -2.47. The van der Waals surface area contributed by atoms with E-state index in [9.17, 15) is 14.7 Å². The van der Waals surface area contributed by atoms with Crippen molar-refractivity contribution in [2.75, 3.05) is 32.1 Å². The first kappa shape index (κ1) is 27.4. The van der Waals surface area contributed by atoms with Crippen LogP contribution in [0.25, 0.3) is 0 Å². The second kappa shape index (κ2) is 12.7. The van der Waals surface area contributed by atoms with Gasteiger partial charge in [0.05, 0.1) is 19.1 Å². The second-order valence-corrected chi connectivity index (χ2v) is 10.0. The Kier molecular flexibility index (Phi) is 9.66. The minimum atomic E-state index is -0.310. The number of hydrogen-bond donors (Lipinski definition) is 3. The van der Waals surface area contributed by atoms with Crippen LogP contribution in [-0.2, 0) is 17.8 Å². The van der Waals surface area contributed by atoms with Gasteiger partial charge in [0, 0.05) is 55.2 Å². The molecule has 1 aliphatic heterocycles. The number of urea groups is 1. The molecule has 0 unspecified atom stereocenters. The van der Waals surface area contributed by atoms with Gasteiger partial charge in [-0.1, -0.05) is 6.92 Å². The molecule has 0 spiro atoms. The van der Waals surface area contributed by atoms with Crippen molar-refractivity contribution in [2.45, 2.75) is 58.8 Å². The topological polar surface area (TPSA) is 107 Å². The third-order valence-corrected chi connectivity index (χ3v) is 6.29. The van der Waals surface area contributed by atoms with Crippen molar-refractivity contribution in [2.24, 2.45) is 5.92 Å². The summed E-state index contributed by atoms with van der Waals surface area (Å²) in [6.07, 6.45) is 3.49. The predicted molar refractivity (Wildman–Crippen MR) is 140 cm³/mol. The highest BCUT2D eigenvalue weighted by Gasteiger charge is 2.31. The maximum atomic E-state index is 13.3. The van der Waals surface area contributed by atoms with Gasteiger partial charge in [-0.3, -0.25) is 14.7 Å². The minimum absolute atomic E-state index is 0.00248. The zero-order chi connectivity index (χ0) is 26.2. The predicted octanol–water partition coefficient (Wildman–Crippen LogP) is 2.89. The lowest BCUT2D eigenvalue weighted by molar-refractivity contribution is -0.134. The van der Waals surface area contributed by atoms with Crippen molar-refractivity contribution in [1.82, 2.24) is 20.1 Å². The Morgan fingerprint density at radius 1 is 1.25 bits per heavy atom. The molecule has 0 saturated heterocycles. The third-order valence-electron chi connectivity index (χ3n) is 6.29. The average Bonchev–Trinajstić information content (AvgIpc) is 2.86. The number of aromatic nitrogens is 1. The molecule has 1 aromatic carbocycles. The molecule has 3 amide bonds. The zero-order valence-electron chi connectivity index (χ0n) is 21.9. The molecule has 9 nitrogen and oxygen atoms in total. The number of nitrogens with zero attached hydrogens (tertiary/aromatic N) is 3. The van der Waals surface area contributed by atoms with Crippen LogP contribution in [0.2, 0.25) is 0 Å². The first-order chi connectivity index (χ1) is 17.2. The van der Waals surface area contributed by atoms with E-state index in [4.69, 9.17) is 4.74 Å². The SMILES string of the molecule is CC(C)NC(=O)Nc1ccc2c(c1)CC(=O)N([C@@H](C)CO)C[C@@H](C)[C@H](CN(C)Cc1ccncc1)O2. The van der Waals surface area contributed by atoms with Crippen LogP contribution in [-0.4, -0.2) is 76.8 Å². The quantitative estimate of drug-likeness (QED) is 0.518. The number of aliphatic hydroxyl groups is 1. The Labute approximate surface area is 213 Å². The van der Waals surface area contributed by atoms with Crippen LogP contribution in [0.4, 0.5) is 10.5 Å². The molecule has 0 fully saturated rings. The largest absolute Gasteiger partial charge is 0.488 e. The van der Waals surface area contributed by atoms with Crippen LogP contribution in [0.5, 0.6) is 5.75 Å². The van der Waals surface area contributed by atoms with Gasteiger partial charge in [0.2, 0.25) is 5.91 Å². The summed E-state index contributed by atoms with van der Waals surface area (Å²) < 4.78 is 6.55. The summed E-state index contributed by atoms with van der Waals surface area (Å²) in [4.78, 5) is 33.6. The van der Waals surface area contributed by atoms with Crippen molar-refractivity contribution in [3.05, 3.63) is 53.9 Å². The Morgan fingerprint density at radius 3 is 2.64 bits per heavy atom. The number of carbonyl (C=O) groups is 2. The molecule has 2 heterocycles. The van der Waals surface area contributed by atoms with Gasteiger partial charge in [0.25, 0.3) is 0 Å². The lowest BCUT2D eigenvalue weighted by atomic mass is 10.0. The van der Waals surface area contributed by atoms with Gasteiger partial charge in [-0.05, 0) is 63.7 Å². The van der Waals surface area contributed by atoms with E-state index < -0.39 is 0 Å². The number of carbonyl (C=O) groups excluding carboxylic acids is 2. The highest BCUT2D eigenvalue weighted by molar-refractivity contribution is 5.90. The highest BCUT2D eigenvalue weighted by atomic mass is 16.5. The molecular formula is C27H39N5O4. The molecule has 3 atom stereocenters. The van der Waals surface area contributed by atoms with Crippen LogP contribution in [0.15, 0.2) is 42.7 Å². The number of nitrogens with one attached hydrogen (secondary N) is 2. The molecule has 36 heavy (non-hydrogen) atoms. The van der Waals surface area contributed by atoms with E-state index >= 15 is 0 Å². The first-order valence-corrected chi connectivity index (χ1v) is 12.5. The van der Waals surface area contributed by atoms with Crippen LogP contribution in [0.3, 0.4) is 0 Å². The summed E-state index contributed by atoms with van der Waals surface area (Å²) in [5.74, 6) is 0.567. The smallest absolute Gasteiger partial charge is 0.319 e. The van der Waals surface area contributed by atoms with E-state index in [0.717, 1.165) is 12.1 Å². The molecule has 3 N–H and O–H groups in total. The van der Waals surface area contributed by atoms with Crippen LogP contribution >= 0.6 is 0 Å². The maximum absolute atomic E-state index is 13.3. The number of pyridine rings is 1. The molecule has 1 aromatic heterocycles. The van der Waals surface area contributed by atoms with Gasteiger partial charge < -0.3 is 25.4 Å². The fourth-order valence-corrected chi connectivity index (χ4v) is 4.33. The Bertz CT molecular complexity index is 1020. The molecule has 0 aliphatic carbocycles. The molecule has 0 saturated carbocycles. The molecule has 1 aliphatic rings. The van der Waals surface area contributed by atoms with Crippen molar-refractivity contribution in [3.8, 4) is 5.75 Å². The normalized spacial score (nSPS) is 19.1. The third kappa shape index (κ3) is 7.66. The van der Waals surface area contributed by atoms with Crippen molar-refractivity contribution >= 4 is 17.6 Å². The second-order valence-electron chi connectivity index (χ2n) is 10.0. The molecule has 0 radical (unpaired) electrons. The molecule has 3 rings (SSSR count). The fraction of sp³-hybridized carbons (Fsp3) is 0.519. The van der Waals surface area contributed by atoms with Gasteiger partial charge in [-0.25, -0.2) is 4.79 Å². The minimum Gasteiger partial charge on any atom is -0.488 e. The summed E-state index contributed by atoms with van der Waals surface area (Å²) in [6.45, 7) is 9.45. The van der Waals surface area contributed by atoms with Crippen molar-refractivity contribution in [3.63, 3.8) is 0 Å². The number of benzene rings is 1. The number of rotatable bonds is 8. The van der Waals surface area contributed by atoms with Gasteiger partial charge in [0.15, 0.2) is 0 Å². The van der Waals surface area contributed by atoms with E-state index in [-0.39, 0.29) is 49.1 Å². The highest BCUT2D eigenvalue weighted by Crippen LogP contribution is 2.29. The van der Waals surface area contributed by atoms with E-state index in [1.165, 1.54) is 0 Å². The first-order valence-electron chi connectivity index (χ1n) is 12.5. The van der Waals surface area contributed by atoms with E-state index in [1.54, 1.807) is 29.4 Å². The van der Waals surface area contributed by atoms with E-state index in [2.05, 4.69) is 27.4 Å². The number of aliphatic hydroxyl groups excluding tert-OH is 1. The number of anilines is 1. The lowest BCUT2D eigenvalue weighted by Gasteiger charge is -2.34. The van der Waals surface area contributed by atoms with E-state index in [1.807, 2.05) is 46.0 Å². The molecule has 0 bridgehead atoms. The number of likely N-dealkylation sites (N-methyl/N-ethyl adjacent to an activating group) is 1. The van der Waals surface area contributed by atoms with Crippen LogP contribution < -0.4 is 15.4 Å². The summed E-state index contributed by atoms with van der Waals surface area (Å²) in [5.41, 5.74) is 2.45. The maximum Gasteiger partial charge on any atom is 0.319 e. The molecule has 196 valence electrons. The molecular weight excluding hydrogens is 458 g/mol. The molecule has 2 aromatic rings. The number of fused-ring (bicyclic) bond motifs is 1. The summed E-state index contributed by atoms with van der Waals surface area (Å²) in [7, 11) is 2.05. The van der Waals surface area contributed by atoms with Gasteiger partial charge in [-0.2, -0.15) is 0 Å². The van der Waals surface area contributed by atoms with Crippen LogP contribution in [0.1, 0.15) is 38.8 Å². The number of amides is 3. The Hall–Kier alpha value is -3.17. The van der Waals surface area contributed by atoms with Crippen molar-refractivity contribution in [1.29, 1.82) is 0 Å². The average molecular weight is 498 g/mol. The summed E-state index contributed by atoms with van der Waals surface area (Å²) >= 11 is 0. The standard InChI is InChI=1S/C27H39N5O4/c1-18(2)29-27(35)30-23-6-7-24-22(12-23)13-26(34)32(20(4)17-33)14-19(3)25(36-24)16-31(5)15-21-8-10-28-11-9-21/h6-12,18-20,25,33H,13-17H2,1-5H3,(H2,29,30,35)/t19-,20+,25+/m1/s1. The monoisotopic (exact) mass is 497 g/mol. The van der Waals surface area contributed by atoms with Gasteiger partial charge >= 0.3 is 6.03 Å². The summed E-state index contributed by atoms with van der Waals surface area (Å²) in [5, 5.41) is 15.4. The Morgan fingerprint density at radius 2 is 1.97 bits per heavy atom. The van der Waals surface area contributed by atoms with Gasteiger partial charge in [-0.15, -0.1) is 0 Å². The number of ether oxygens (including phenoxy) is 1. The number of hydrogen-bond acceptors (Lipinski definition) is 6. The fourth-order valence-electron chi connectivity index (χ4n) is 4.33.